The minimum Gasteiger partial charge on any atom is -0.0735 e. The molecule has 0 heteroatoms. The molecule has 0 nitrogen and oxygen atoms in total. The Morgan fingerprint density at radius 3 is 1.96 bits per heavy atom. The van der Waals surface area contributed by atoms with E-state index in [0.29, 0.717) is 0 Å². The molecular formula is C24H24. The number of hydrogen-bond acceptors (Lipinski definition) is 0. The van der Waals surface area contributed by atoms with Gasteiger partial charge in [-0.25, -0.2) is 0 Å². The van der Waals surface area contributed by atoms with E-state index < -0.39 is 0 Å². The first-order valence-corrected chi connectivity index (χ1v) is 9.16. The van der Waals surface area contributed by atoms with Crippen molar-refractivity contribution >= 4 is 11.1 Å². The third-order valence-corrected chi connectivity index (χ3v) is 5.18. The minimum absolute atomic E-state index is 0.743. The van der Waals surface area contributed by atoms with Gasteiger partial charge in [-0.15, -0.1) is 0 Å². The van der Waals surface area contributed by atoms with E-state index in [1.807, 2.05) is 0 Å². The second kappa shape index (κ2) is 7.05. The Morgan fingerprint density at radius 2 is 1.29 bits per heavy atom. The Kier molecular flexibility index (Phi) is 4.46. The van der Waals surface area contributed by atoms with Crippen molar-refractivity contribution in [3.8, 4) is 0 Å². The second-order valence-corrected chi connectivity index (χ2v) is 6.91. The van der Waals surface area contributed by atoms with Crippen LogP contribution in [0.2, 0.25) is 0 Å². The Balaban J connectivity index is 1.72. The minimum atomic E-state index is 0.743. The second-order valence-electron chi connectivity index (χ2n) is 6.91. The molecule has 120 valence electrons. The summed E-state index contributed by atoms with van der Waals surface area (Å²) in [5.41, 5.74) is 6.74. The van der Waals surface area contributed by atoms with Gasteiger partial charge in [-0.05, 0) is 58.8 Å². The Morgan fingerprint density at radius 1 is 0.667 bits per heavy atom. The average molecular weight is 312 g/mol. The van der Waals surface area contributed by atoms with Gasteiger partial charge < -0.3 is 0 Å². The summed E-state index contributed by atoms with van der Waals surface area (Å²) in [6, 6.07) is 21.5. The van der Waals surface area contributed by atoms with Gasteiger partial charge in [0.25, 0.3) is 0 Å². The fourth-order valence-corrected chi connectivity index (χ4v) is 3.88. The lowest BCUT2D eigenvalue weighted by Gasteiger charge is -2.19. The highest BCUT2D eigenvalue weighted by Crippen LogP contribution is 2.38. The van der Waals surface area contributed by atoms with Gasteiger partial charge in [-0.2, -0.15) is 0 Å². The number of hydrogen-bond donors (Lipinski definition) is 0. The standard InChI is InChI=1S/C24H24/c1-4-10-19(11-5-1)16-23-17-22(20-12-6-2-7-13-20)18-24(23)21-14-8-3-9-15-21/h2-3,6-9,12-19H,1,4-5,10-11H2/b23-16+. The molecule has 0 radical (unpaired) electrons. The van der Waals surface area contributed by atoms with Gasteiger partial charge in [0.05, 0.1) is 0 Å². The maximum Gasteiger partial charge on any atom is -0.0108 e. The summed E-state index contributed by atoms with van der Waals surface area (Å²) in [7, 11) is 0. The van der Waals surface area contributed by atoms with E-state index in [9.17, 15) is 0 Å². The molecule has 0 N–H and O–H groups in total. The van der Waals surface area contributed by atoms with E-state index in [4.69, 9.17) is 0 Å². The van der Waals surface area contributed by atoms with E-state index >= 15 is 0 Å². The topological polar surface area (TPSA) is 0 Å². The maximum absolute atomic E-state index is 2.54. The SMILES string of the molecule is C1=C(c2ccccc2)C=C(c2ccccc2)/C1=C/C1CCCCC1. The highest BCUT2D eigenvalue weighted by atomic mass is 14.2. The van der Waals surface area contributed by atoms with Gasteiger partial charge in [0.15, 0.2) is 0 Å². The molecule has 0 amide bonds. The van der Waals surface area contributed by atoms with Crippen molar-refractivity contribution in [1.29, 1.82) is 0 Å². The largest absolute Gasteiger partial charge is 0.0735 e. The Bertz CT molecular complexity index is 769. The van der Waals surface area contributed by atoms with Gasteiger partial charge in [0.1, 0.15) is 0 Å². The smallest absolute Gasteiger partial charge is 0.0108 e. The van der Waals surface area contributed by atoms with Crippen LogP contribution < -0.4 is 0 Å². The van der Waals surface area contributed by atoms with Crippen LogP contribution in [0.5, 0.6) is 0 Å². The summed E-state index contributed by atoms with van der Waals surface area (Å²) in [4.78, 5) is 0. The molecule has 0 bridgehead atoms. The molecule has 0 saturated heterocycles. The zero-order valence-corrected chi connectivity index (χ0v) is 14.1. The first kappa shape index (κ1) is 15.2. The van der Waals surface area contributed by atoms with E-state index in [1.165, 1.54) is 60.0 Å². The molecule has 0 aliphatic heterocycles. The van der Waals surface area contributed by atoms with Crippen molar-refractivity contribution < 1.29 is 0 Å². The van der Waals surface area contributed by atoms with Crippen LogP contribution in [0.15, 0.2) is 84.5 Å². The Hall–Kier alpha value is -2.34. The summed E-state index contributed by atoms with van der Waals surface area (Å²) >= 11 is 0. The van der Waals surface area contributed by atoms with Gasteiger partial charge in [-0.3, -0.25) is 0 Å². The first-order chi connectivity index (χ1) is 11.9. The van der Waals surface area contributed by atoms with E-state index in [0.717, 1.165) is 5.92 Å². The summed E-state index contributed by atoms with van der Waals surface area (Å²) < 4.78 is 0. The van der Waals surface area contributed by atoms with Crippen LogP contribution in [0, 0.1) is 5.92 Å². The maximum atomic E-state index is 2.54. The van der Waals surface area contributed by atoms with Gasteiger partial charge in [0.2, 0.25) is 0 Å². The lowest BCUT2D eigenvalue weighted by atomic mass is 9.86. The zero-order valence-electron chi connectivity index (χ0n) is 14.1. The molecule has 0 aromatic heterocycles. The molecule has 2 aromatic carbocycles. The highest BCUT2D eigenvalue weighted by Gasteiger charge is 2.18. The van der Waals surface area contributed by atoms with Gasteiger partial charge in [-0.1, -0.05) is 86.0 Å². The van der Waals surface area contributed by atoms with Crippen molar-refractivity contribution in [2.75, 3.05) is 0 Å². The highest BCUT2D eigenvalue weighted by molar-refractivity contribution is 5.99. The third-order valence-electron chi connectivity index (χ3n) is 5.18. The normalized spacial score (nSPS) is 20.1. The molecule has 0 atom stereocenters. The van der Waals surface area contributed by atoms with Crippen LogP contribution in [0.3, 0.4) is 0 Å². The van der Waals surface area contributed by atoms with Crippen molar-refractivity contribution in [2.24, 2.45) is 5.92 Å². The molecule has 24 heavy (non-hydrogen) atoms. The fraction of sp³-hybridized carbons (Fsp3) is 0.250. The molecule has 0 heterocycles. The number of allylic oxidation sites excluding steroid dienone is 6. The molecule has 2 aliphatic carbocycles. The number of rotatable bonds is 3. The summed E-state index contributed by atoms with van der Waals surface area (Å²) in [6.07, 6.45) is 14.1. The van der Waals surface area contributed by atoms with Crippen LogP contribution in [0.25, 0.3) is 11.1 Å². The average Bonchev–Trinajstić information content (AvgIpc) is 3.08. The molecule has 0 unspecified atom stereocenters. The van der Waals surface area contributed by atoms with E-state index in [2.05, 4.69) is 78.9 Å². The molecule has 0 spiro atoms. The third kappa shape index (κ3) is 3.28. The zero-order chi connectivity index (χ0) is 16.2. The van der Waals surface area contributed by atoms with Crippen LogP contribution in [0.4, 0.5) is 0 Å². The predicted molar refractivity (Wildman–Crippen MR) is 103 cm³/mol. The fourth-order valence-electron chi connectivity index (χ4n) is 3.88. The van der Waals surface area contributed by atoms with Crippen LogP contribution >= 0.6 is 0 Å². The summed E-state index contributed by atoms with van der Waals surface area (Å²) in [6.45, 7) is 0. The van der Waals surface area contributed by atoms with Gasteiger partial charge in [0, 0.05) is 0 Å². The van der Waals surface area contributed by atoms with Gasteiger partial charge >= 0.3 is 0 Å². The lowest BCUT2D eigenvalue weighted by Crippen LogP contribution is -2.03. The molecular weight excluding hydrogens is 288 g/mol. The molecule has 4 rings (SSSR count). The van der Waals surface area contributed by atoms with Crippen molar-refractivity contribution in [3.05, 3.63) is 95.6 Å². The molecule has 2 aliphatic rings. The van der Waals surface area contributed by atoms with Crippen LogP contribution in [-0.2, 0) is 0 Å². The monoisotopic (exact) mass is 312 g/mol. The van der Waals surface area contributed by atoms with E-state index in [-0.39, 0.29) is 0 Å². The molecule has 1 saturated carbocycles. The van der Waals surface area contributed by atoms with E-state index in [1.54, 1.807) is 0 Å². The van der Waals surface area contributed by atoms with Crippen molar-refractivity contribution in [3.63, 3.8) is 0 Å². The van der Waals surface area contributed by atoms with Crippen molar-refractivity contribution in [2.45, 2.75) is 32.1 Å². The lowest BCUT2D eigenvalue weighted by molar-refractivity contribution is 0.419. The molecule has 1 fully saturated rings. The Labute approximate surface area is 145 Å². The number of benzene rings is 2. The summed E-state index contributed by atoms with van der Waals surface area (Å²) in [5.74, 6) is 0.743. The quantitative estimate of drug-likeness (QED) is 0.593. The predicted octanol–water partition coefficient (Wildman–Crippen LogP) is 6.67. The van der Waals surface area contributed by atoms with Crippen LogP contribution in [-0.4, -0.2) is 0 Å². The molecule has 2 aromatic rings. The first-order valence-electron chi connectivity index (χ1n) is 9.16. The van der Waals surface area contributed by atoms with Crippen LogP contribution in [0.1, 0.15) is 43.2 Å². The van der Waals surface area contributed by atoms with Crippen molar-refractivity contribution in [1.82, 2.24) is 0 Å². The summed E-state index contributed by atoms with van der Waals surface area (Å²) in [5, 5.41) is 0.